The van der Waals surface area contributed by atoms with Gasteiger partial charge < -0.3 is 19.1 Å². The Kier molecular flexibility index (Phi) is 7.05. The van der Waals surface area contributed by atoms with E-state index in [4.69, 9.17) is 19.5 Å². The molecule has 2 rings (SSSR count). The van der Waals surface area contributed by atoms with Crippen molar-refractivity contribution in [2.75, 3.05) is 26.3 Å². The summed E-state index contributed by atoms with van der Waals surface area (Å²) in [7, 11) is 0. The van der Waals surface area contributed by atoms with Crippen molar-refractivity contribution in [3.05, 3.63) is 29.8 Å². The number of carbonyl (C=O) groups excluding carboxylic acids is 2. The summed E-state index contributed by atoms with van der Waals surface area (Å²) in [6, 6.07) is 8.77. The molecule has 0 saturated carbocycles. The predicted octanol–water partition coefficient (Wildman–Crippen LogP) is 3.13. The van der Waals surface area contributed by atoms with Crippen LogP contribution >= 0.6 is 0 Å². The molecule has 1 heterocycles. The van der Waals surface area contributed by atoms with Crippen molar-refractivity contribution in [1.82, 2.24) is 4.90 Å². The topological polar surface area (TPSA) is 88.9 Å². The lowest BCUT2D eigenvalue weighted by molar-refractivity contribution is -0.150. The van der Waals surface area contributed by atoms with Crippen molar-refractivity contribution in [3.63, 3.8) is 0 Å². The van der Waals surface area contributed by atoms with Crippen molar-refractivity contribution in [2.45, 2.75) is 39.2 Å². The number of piperidine rings is 1. The lowest BCUT2D eigenvalue weighted by Gasteiger charge is -2.32. The quantitative estimate of drug-likeness (QED) is 0.581. The summed E-state index contributed by atoms with van der Waals surface area (Å²) in [5.41, 5.74) is 0.0356. The fourth-order valence-electron chi connectivity index (χ4n) is 2.67. The first kappa shape index (κ1) is 20.6. The molecular formula is C20H26N2O5. The van der Waals surface area contributed by atoms with E-state index in [2.05, 4.69) is 0 Å². The Labute approximate surface area is 159 Å². The average Bonchev–Trinajstić information content (AvgIpc) is 2.64. The highest BCUT2D eigenvalue weighted by molar-refractivity contribution is 5.73. The average molecular weight is 374 g/mol. The molecule has 0 N–H and O–H groups in total. The number of hydrogen-bond acceptors (Lipinski definition) is 6. The smallest absolute Gasteiger partial charge is 0.410 e. The Balaban J connectivity index is 1.65. The minimum absolute atomic E-state index is 0.158. The number of ether oxygens (including phenoxy) is 3. The molecule has 0 spiro atoms. The Hall–Kier alpha value is -2.75. The van der Waals surface area contributed by atoms with Gasteiger partial charge >= 0.3 is 12.1 Å². The second-order valence-corrected chi connectivity index (χ2v) is 7.39. The summed E-state index contributed by atoms with van der Waals surface area (Å²) >= 11 is 0. The highest BCUT2D eigenvalue weighted by atomic mass is 16.6. The van der Waals surface area contributed by atoms with Crippen LogP contribution in [0.2, 0.25) is 0 Å². The molecule has 0 unspecified atom stereocenters. The van der Waals surface area contributed by atoms with Gasteiger partial charge in [-0.15, -0.1) is 0 Å². The lowest BCUT2D eigenvalue weighted by atomic mass is 9.97. The maximum absolute atomic E-state index is 12.1. The third kappa shape index (κ3) is 6.81. The zero-order valence-electron chi connectivity index (χ0n) is 16.1. The van der Waals surface area contributed by atoms with Gasteiger partial charge in [0.25, 0.3) is 0 Å². The highest BCUT2D eigenvalue weighted by Gasteiger charge is 2.30. The van der Waals surface area contributed by atoms with Crippen LogP contribution in [0.4, 0.5) is 4.79 Å². The lowest BCUT2D eigenvalue weighted by Crippen LogP contribution is -2.43. The molecule has 1 aliphatic heterocycles. The van der Waals surface area contributed by atoms with E-state index in [1.165, 1.54) is 0 Å². The normalized spacial score (nSPS) is 15.0. The van der Waals surface area contributed by atoms with Crippen molar-refractivity contribution in [2.24, 2.45) is 5.92 Å². The molecule has 7 heteroatoms. The van der Waals surface area contributed by atoms with Crippen LogP contribution in [0.25, 0.3) is 0 Å². The van der Waals surface area contributed by atoms with E-state index < -0.39 is 5.60 Å². The molecule has 27 heavy (non-hydrogen) atoms. The Morgan fingerprint density at radius 2 is 1.78 bits per heavy atom. The summed E-state index contributed by atoms with van der Waals surface area (Å²) in [5, 5.41) is 8.75. The number of nitriles is 1. The zero-order chi connectivity index (χ0) is 19.9. The highest BCUT2D eigenvalue weighted by Crippen LogP contribution is 2.21. The van der Waals surface area contributed by atoms with Crippen LogP contribution in [0.15, 0.2) is 24.3 Å². The van der Waals surface area contributed by atoms with Crippen LogP contribution in [-0.2, 0) is 14.3 Å². The van der Waals surface area contributed by atoms with Crippen LogP contribution in [-0.4, -0.2) is 48.9 Å². The van der Waals surface area contributed by atoms with E-state index in [1.807, 2.05) is 26.8 Å². The first-order chi connectivity index (χ1) is 12.8. The number of nitrogens with zero attached hydrogens (tertiary/aromatic N) is 2. The molecule has 1 aliphatic rings. The van der Waals surface area contributed by atoms with Gasteiger partial charge in [-0.1, -0.05) is 0 Å². The molecule has 1 saturated heterocycles. The molecule has 1 aromatic carbocycles. The van der Waals surface area contributed by atoms with Crippen molar-refractivity contribution in [1.29, 1.82) is 5.26 Å². The summed E-state index contributed by atoms with van der Waals surface area (Å²) < 4.78 is 16.1. The fraction of sp³-hybridized carbons (Fsp3) is 0.550. The summed E-state index contributed by atoms with van der Waals surface area (Å²) in [4.78, 5) is 25.8. The van der Waals surface area contributed by atoms with Crippen LogP contribution < -0.4 is 4.74 Å². The van der Waals surface area contributed by atoms with Crippen molar-refractivity contribution >= 4 is 12.1 Å². The second-order valence-electron chi connectivity index (χ2n) is 7.39. The van der Waals surface area contributed by atoms with Crippen LogP contribution in [0.3, 0.4) is 0 Å². The second kappa shape index (κ2) is 9.26. The first-order valence-electron chi connectivity index (χ1n) is 9.06. The summed E-state index contributed by atoms with van der Waals surface area (Å²) in [5.74, 6) is 0.150. The van der Waals surface area contributed by atoms with Crippen LogP contribution in [0.5, 0.6) is 5.75 Å². The maximum Gasteiger partial charge on any atom is 0.410 e. The van der Waals surface area contributed by atoms with E-state index in [0.29, 0.717) is 37.2 Å². The van der Waals surface area contributed by atoms with Gasteiger partial charge in [0.05, 0.1) is 17.6 Å². The molecular weight excluding hydrogens is 348 g/mol. The molecule has 0 radical (unpaired) electrons. The summed E-state index contributed by atoms with van der Waals surface area (Å²) in [6.07, 6.45) is 0.786. The largest absolute Gasteiger partial charge is 0.490 e. The number of rotatable bonds is 5. The van der Waals surface area contributed by atoms with E-state index in [-0.39, 0.29) is 31.2 Å². The maximum atomic E-state index is 12.1. The number of carbonyl (C=O) groups is 2. The molecule has 0 aliphatic carbocycles. The van der Waals surface area contributed by atoms with E-state index in [0.717, 1.165) is 0 Å². The summed E-state index contributed by atoms with van der Waals surface area (Å²) in [6.45, 7) is 6.85. The molecule has 146 valence electrons. The van der Waals surface area contributed by atoms with Gasteiger partial charge in [0.15, 0.2) is 0 Å². The number of esters is 1. The minimum Gasteiger partial charge on any atom is -0.490 e. The molecule has 0 aromatic heterocycles. The molecule has 7 nitrogen and oxygen atoms in total. The van der Waals surface area contributed by atoms with Gasteiger partial charge in [-0.25, -0.2) is 4.79 Å². The third-order valence-electron chi connectivity index (χ3n) is 4.06. The van der Waals surface area contributed by atoms with Gasteiger partial charge in [0.1, 0.15) is 24.6 Å². The minimum atomic E-state index is -0.526. The molecule has 1 fully saturated rings. The Morgan fingerprint density at radius 3 is 2.33 bits per heavy atom. The fourth-order valence-corrected chi connectivity index (χ4v) is 2.67. The Morgan fingerprint density at radius 1 is 1.15 bits per heavy atom. The number of amides is 1. The number of likely N-dealkylation sites (tertiary alicyclic amines) is 1. The van der Waals surface area contributed by atoms with E-state index in [1.54, 1.807) is 29.2 Å². The number of hydrogen-bond donors (Lipinski definition) is 0. The molecule has 1 aromatic rings. The number of benzene rings is 1. The van der Waals surface area contributed by atoms with Crippen LogP contribution in [0.1, 0.15) is 39.2 Å². The van der Waals surface area contributed by atoms with E-state index in [9.17, 15) is 9.59 Å². The molecule has 0 bridgehead atoms. The van der Waals surface area contributed by atoms with Crippen molar-refractivity contribution in [3.8, 4) is 11.8 Å². The van der Waals surface area contributed by atoms with Gasteiger partial charge in [-0.3, -0.25) is 4.79 Å². The SMILES string of the molecule is CC(C)(C)OC(=O)N1CCC(C(=O)OCCOc2ccc(C#N)cc2)CC1. The molecule has 1 amide bonds. The van der Waals surface area contributed by atoms with Gasteiger partial charge in [0.2, 0.25) is 0 Å². The van der Waals surface area contributed by atoms with E-state index >= 15 is 0 Å². The predicted molar refractivity (Wildman–Crippen MR) is 98.1 cm³/mol. The van der Waals surface area contributed by atoms with Gasteiger partial charge in [-0.05, 0) is 57.9 Å². The standard InChI is InChI=1S/C20H26N2O5/c1-20(2,3)27-19(24)22-10-8-16(9-11-22)18(23)26-13-12-25-17-6-4-15(14-21)5-7-17/h4-7,16H,8-13H2,1-3H3. The monoisotopic (exact) mass is 374 g/mol. The van der Waals surface area contributed by atoms with Crippen LogP contribution in [0, 0.1) is 17.2 Å². The van der Waals surface area contributed by atoms with Crippen molar-refractivity contribution < 1.29 is 23.8 Å². The molecule has 0 atom stereocenters. The third-order valence-corrected chi connectivity index (χ3v) is 4.06. The first-order valence-corrected chi connectivity index (χ1v) is 9.06. The zero-order valence-corrected chi connectivity index (χ0v) is 16.1. The Bertz CT molecular complexity index is 680. The van der Waals surface area contributed by atoms with Gasteiger partial charge in [-0.2, -0.15) is 5.26 Å². The van der Waals surface area contributed by atoms with Gasteiger partial charge in [0, 0.05) is 13.1 Å².